The first-order valence-electron chi connectivity index (χ1n) is 7.21. The molecule has 2 rings (SSSR count). The van der Waals surface area contributed by atoms with Gasteiger partial charge in [-0.15, -0.1) is 0 Å². The molecule has 0 amide bonds. The quantitative estimate of drug-likeness (QED) is 0.789. The van der Waals surface area contributed by atoms with Crippen LogP contribution in [0.15, 0.2) is 30.3 Å². The average Bonchev–Trinajstić information content (AvgIpc) is 2.44. The summed E-state index contributed by atoms with van der Waals surface area (Å²) in [5.74, 6) is 1.44. The molecule has 0 spiro atoms. The summed E-state index contributed by atoms with van der Waals surface area (Å²) >= 11 is 6.04. The molecule has 2 aromatic rings. The Bertz CT molecular complexity index is 590. The van der Waals surface area contributed by atoms with Crippen LogP contribution in [0, 0.1) is 13.8 Å². The summed E-state index contributed by atoms with van der Waals surface area (Å²) < 4.78 is 5.94. The van der Waals surface area contributed by atoms with Crippen molar-refractivity contribution in [2.24, 2.45) is 0 Å². The highest BCUT2D eigenvalue weighted by Crippen LogP contribution is 2.30. The normalized spacial score (nSPS) is 10.7. The number of aryl methyl sites for hydroxylation is 2. The number of ether oxygens (including phenoxy) is 1. The lowest BCUT2D eigenvalue weighted by molar-refractivity contribution is 0.453. The van der Waals surface area contributed by atoms with E-state index >= 15 is 0 Å². The lowest BCUT2D eigenvalue weighted by atomic mass is 10.1. The van der Waals surface area contributed by atoms with Crippen LogP contribution in [0.25, 0.3) is 0 Å². The van der Waals surface area contributed by atoms with Crippen molar-refractivity contribution in [1.29, 1.82) is 0 Å². The zero-order chi connectivity index (χ0) is 15.2. The fraction of sp³-hybridized carbons (Fsp3) is 0.353. The lowest BCUT2D eigenvalue weighted by Gasteiger charge is -2.12. The summed E-state index contributed by atoms with van der Waals surface area (Å²) in [6.45, 7) is 7.86. The molecule has 0 radical (unpaired) electrons. The van der Waals surface area contributed by atoms with Crippen molar-refractivity contribution >= 4 is 11.6 Å². The molecule has 0 unspecified atom stereocenters. The van der Waals surface area contributed by atoms with Crippen molar-refractivity contribution in [2.45, 2.75) is 33.7 Å². The van der Waals surface area contributed by atoms with Crippen LogP contribution in [0.1, 0.15) is 30.2 Å². The molecule has 1 N–H and O–H groups in total. The Balaban J connectivity index is 2.15. The van der Waals surface area contributed by atoms with E-state index in [-0.39, 0.29) is 0 Å². The highest BCUT2D eigenvalue weighted by atomic mass is 35.5. The monoisotopic (exact) mass is 304 g/mol. The van der Waals surface area contributed by atoms with Gasteiger partial charge in [-0.05, 0) is 56.1 Å². The molecule has 21 heavy (non-hydrogen) atoms. The Morgan fingerprint density at radius 2 is 1.90 bits per heavy atom. The van der Waals surface area contributed by atoms with Crippen molar-refractivity contribution in [3.8, 4) is 11.6 Å². The summed E-state index contributed by atoms with van der Waals surface area (Å²) in [5, 5.41) is 4.06. The molecule has 1 aromatic carbocycles. The number of hydrogen-bond donors (Lipinski definition) is 1. The minimum Gasteiger partial charge on any atom is -0.438 e. The molecule has 112 valence electrons. The van der Waals surface area contributed by atoms with Crippen LogP contribution in [0.2, 0.25) is 5.02 Å². The predicted octanol–water partition coefficient (Wildman–Crippen LogP) is 4.64. The second kappa shape index (κ2) is 7.43. The maximum absolute atomic E-state index is 6.04. The highest BCUT2D eigenvalue weighted by Gasteiger charge is 2.08. The SMILES string of the molecule is CCCNCc1cccc(Oc2c(C)cc(Cl)cc2C)n1. The molecule has 0 fully saturated rings. The molecule has 4 heteroatoms. The third-order valence-electron chi connectivity index (χ3n) is 3.15. The summed E-state index contributed by atoms with van der Waals surface area (Å²) in [6.07, 6.45) is 1.11. The van der Waals surface area contributed by atoms with Gasteiger partial charge < -0.3 is 10.1 Å². The fourth-order valence-corrected chi connectivity index (χ4v) is 2.50. The number of halogens is 1. The van der Waals surface area contributed by atoms with Gasteiger partial charge in [0.05, 0.1) is 5.69 Å². The molecule has 3 nitrogen and oxygen atoms in total. The van der Waals surface area contributed by atoms with Crippen molar-refractivity contribution in [3.63, 3.8) is 0 Å². The van der Waals surface area contributed by atoms with Gasteiger partial charge in [0.15, 0.2) is 0 Å². The fourth-order valence-electron chi connectivity index (χ4n) is 2.17. The summed E-state index contributed by atoms with van der Waals surface area (Å²) in [6, 6.07) is 9.63. The molecule has 1 heterocycles. The number of benzene rings is 1. The van der Waals surface area contributed by atoms with Crippen LogP contribution < -0.4 is 10.1 Å². The van der Waals surface area contributed by atoms with Gasteiger partial charge in [0.1, 0.15) is 5.75 Å². The second-order valence-corrected chi connectivity index (χ2v) is 5.55. The number of aromatic nitrogens is 1. The van der Waals surface area contributed by atoms with Gasteiger partial charge in [0, 0.05) is 17.6 Å². The number of hydrogen-bond acceptors (Lipinski definition) is 3. The first-order chi connectivity index (χ1) is 10.1. The molecule has 1 aromatic heterocycles. The van der Waals surface area contributed by atoms with E-state index in [4.69, 9.17) is 16.3 Å². The highest BCUT2D eigenvalue weighted by molar-refractivity contribution is 6.30. The van der Waals surface area contributed by atoms with Crippen molar-refractivity contribution in [2.75, 3.05) is 6.54 Å². The molecular weight excluding hydrogens is 284 g/mol. The number of nitrogens with zero attached hydrogens (tertiary/aromatic N) is 1. The van der Waals surface area contributed by atoms with Crippen molar-refractivity contribution in [3.05, 3.63) is 52.2 Å². The Kier molecular flexibility index (Phi) is 5.59. The Morgan fingerprint density at radius 1 is 1.19 bits per heavy atom. The molecule has 0 aliphatic rings. The van der Waals surface area contributed by atoms with E-state index in [1.54, 1.807) is 0 Å². The lowest BCUT2D eigenvalue weighted by Crippen LogP contribution is -2.14. The van der Waals surface area contributed by atoms with Gasteiger partial charge in [0.25, 0.3) is 0 Å². The van der Waals surface area contributed by atoms with Crippen molar-refractivity contribution < 1.29 is 4.74 Å². The Labute approximate surface area is 131 Å². The Morgan fingerprint density at radius 3 is 2.57 bits per heavy atom. The van der Waals surface area contributed by atoms with Crippen LogP contribution >= 0.6 is 11.6 Å². The van der Waals surface area contributed by atoms with Crippen LogP contribution in [-0.4, -0.2) is 11.5 Å². The molecule has 0 aliphatic heterocycles. The van der Waals surface area contributed by atoms with Crippen LogP contribution in [0.5, 0.6) is 11.6 Å². The molecule has 0 saturated carbocycles. The van der Waals surface area contributed by atoms with E-state index in [9.17, 15) is 0 Å². The molecule has 0 aliphatic carbocycles. The Hall–Kier alpha value is -1.58. The summed E-state index contributed by atoms with van der Waals surface area (Å²) in [7, 11) is 0. The number of rotatable bonds is 6. The molecule has 0 atom stereocenters. The van der Waals surface area contributed by atoms with E-state index in [1.165, 1.54) is 0 Å². The van der Waals surface area contributed by atoms with Gasteiger partial charge >= 0.3 is 0 Å². The van der Waals surface area contributed by atoms with Gasteiger partial charge in [-0.25, -0.2) is 4.98 Å². The standard InChI is InChI=1S/C17H21ClN2O/c1-4-8-19-11-15-6-5-7-16(20-15)21-17-12(2)9-14(18)10-13(17)3/h5-7,9-10,19H,4,8,11H2,1-3H3. The average molecular weight is 305 g/mol. The van der Waals surface area contributed by atoms with E-state index in [0.29, 0.717) is 5.88 Å². The van der Waals surface area contributed by atoms with Gasteiger partial charge in [-0.3, -0.25) is 0 Å². The maximum Gasteiger partial charge on any atom is 0.219 e. The topological polar surface area (TPSA) is 34.1 Å². The summed E-state index contributed by atoms with van der Waals surface area (Å²) in [4.78, 5) is 4.53. The predicted molar refractivity (Wildman–Crippen MR) is 87.2 cm³/mol. The smallest absolute Gasteiger partial charge is 0.219 e. The minimum atomic E-state index is 0.610. The molecular formula is C17H21ClN2O. The zero-order valence-corrected chi connectivity index (χ0v) is 13.5. The molecule has 0 saturated heterocycles. The van der Waals surface area contributed by atoms with Gasteiger partial charge in [-0.1, -0.05) is 24.6 Å². The van der Waals surface area contributed by atoms with E-state index in [2.05, 4.69) is 17.2 Å². The van der Waals surface area contributed by atoms with E-state index in [0.717, 1.165) is 47.1 Å². The first kappa shape index (κ1) is 15.8. The number of pyridine rings is 1. The maximum atomic E-state index is 6.04. The molecule has 0 bridgehead atoms. The van der Waals surface area contributed by atoms with Crippen molar-refractivity contribution in [1.82, 2.24) is 10.3 Å². The minimum absolute atomic E-state index is 0.610. The van der Waals surface area contributed by atoms with Gasteiger partial charge in [0.2, 0.25) is 5.88 Å². The third kappa shape index (κ3) is 4.45. The van der Waals surface area contributed by atoms with Crippen LogP contribution in [0.3, 0.4) is 0 Å². The third-order valence-corrected chi connectivity index (χ3v) is 3.36. The van der Waals surface area contributed by atoms with E-state index < -0.39 is 0 Å². The first-order valence-corrected chi connectivity index (χ1v) is 7.59. The zero-order valence-electron chi connectivity index (χ0n) is 12.7. The van der Waals surface area contributed by atoms with Crippen LogP contribution in [-0.2, 0) is 6.54 Å². The number of nitrogens with one attached hydrogen (secondary N) is 1. The van der Waals surface area contributed by atoms with Crippen LogP contribution in [0.4, 0.5) is 0 Å². The van der Waals surface area contributed by atoms with Gasteiger partial charge in [-0.2, -0.15) is 0 Å². The largest absolute Gasteiger partial charge is 0.438 e. The van der Waals surface area contributed by atoms with E-state index in [1.807, 2.05) is 44.2 Å². The summed E-state index contributed by atoms with van der Waals surface area (Å²) in [5.41, 5.74) is 3.00. The second-order valence-electron chi connectivity index (χ2n) is 5.11.